The second kappa shape index (κ2) is 7.30. The van der Waals surface area contributed by atoms with Crippen LogP contribution in [0.25, 0.3) is 0 Å². The van der Waals surface area contributed by atoms with Gasteiger partial charge in [0.25, 0.3) is 5.91 Å². The molecule has 0 unspecified atom stereocenters. The predicted molar refractivity (Wildman–Crippen MR) is 92.7 cm³/mol. The summed E-state index contributed by atoms with van der Waals surface area (Å²) in [5.41, 5.74) is 6.16. The Labute approximate surface area is 149 Å². The van der Waals surface area contributed by atoms with Gasteiger partial charge in [-0.25, -0.2) is 0 Å². The molecule has 0 saturated carbocycles. The number of hydrogen-bond donors (Lipinski definition) is 2. The fourth-order valence-corrected chi connectivity index (χ4v) is 3.56. The Bertz CT molecular complexity index is 731. The van der Waals surface area contributed by atoms with Gasteiger partial charge in [-0.2, -0.15) is 0 Å². The van der Waals surface area contributed by atoms with Gasteiger partial charge in [0.1, 0.15) is 5.75 Å². The van der Waals surface area contributed by atoms with Crippen molar-refractivity contribution in [3.8, 4) is 17.2 Å². The summed E-state index contributed by atoms with van der Waals surface area (Å²) in [7, 11) is 0. The van der Waals surface area contributed by atoms with Gasteiger partial charge in [-0.3, -0.25) is 15.6 Å². The van der Waals surface area contributed by atoms with E-state index in [1.807, 2.05) is 22.4 Å². The van der Waals surface area contributed by atoms with E-state index in [1.54, 1.807) is 29.5 Å². The quantitative estimate of drug-likeness (QED) is 0.810. The van der Waals surface area contributed by atoms with Crippen LogP contribution in [0.2, 0.25) is 0 Å². The summed E-state index contributed by atoms with van der Waals surface area (Å²) in [5.74, 6) is 1.89. The first-order valence-corrected chi connectivity index (χ1v) is 8.97. The zero-order valence-corrected chi connectivity index (χ0v) is 14.4. The van der Waals surface area contributed by atoms with Gasteiger partial charge in [0.05, 0.1) is 12.6 Å². The molecule has 0 spiro atoms. The Morgan fingerprint density at radius 1 is 1.24 bits per heavy atom. The molecule has 2 N–H and O–H groups in total. The molecule has 2 aliphatic heterocycles. The lowest BCUT2D eigenvalue weighted by atomic mass is 10.2. The van der Waals surface area contributed by atoms with Crippen molar-refractivity contribution < 1.29 is 19.0 Å². The van der Waals surface area contributed by atoms with E-state index >= 15 is 0 Å². The van der Waals surface area contributed by atoms with Crippen molar-refractivity contribution in [1.29, 1.82) is 0 Å². The van der Waals surface area contributed by atoms with Crippen LogP contribution in [0.5, 0.6) is 17.2 Å². The first kappa shape index (κ1) is 16.2. The molecule has 8 heteroatoms. The van der Waals surface area contributed by atoms with Gasteiger partial charge in [-0.15, -0.1) is 11.3 Å². The molecule has 0 radical (unpaired) electrons. The number of amides is 1. The van der Waals surface area contributed by atoms with Gasteiger partial charge >= 0.3 is 0 Å². The summed E-state index contributed by atoms with van der Waals surface area (Å²) in [5, 5.41) is 2.02. The normalized spacial score (nSPS) is 16.2. The highest BCUT2D eigenvalue weighted by Gasteiger charge is 2.27. The van der Waals surface area contributed by atoms with Gasteiger partial charge in [0, 0.05) is 24.0 Å². The molecule has 132 valence electrons. The number of nitrogens with one attached hydrogen (secondary N) is 2. The average Bonchev–Trinajstić information content (AvgIpc) is 3.39. The number of hydrogen-bond acceptors (Lipinski definition) is 7. The lowest BCUT2D eigenvalue weighted by molar-refractivity contribution is -0.135. The zero-order valence-electron chi connectivity index (χ0n) is 13.6. The van der Waals surface area contributed by atoms with Crippen molar-refractivity contribution in [3.63, 3.8) is 0 Å². The maximum absolute atomic E-state index is 12.8. The highest BCUT2D eigenvalue weighted by atomic mass is 32.1. The van der Waals surface area contributed by atoms with E-state index in [4.69, 9.17) is 14.2 Å². The minimum absolute atomic E-state index is 0.0124. The van der Waals surface area contributed by atoms with Crippen LogP contribution in [-0.2, 0) is 11.3 Å². The summed E-state index contributed by atoms with van der Waals surface area (Å²) in [4.78, 5) is 15.8. The van der Waals surface area contributed by atoms with Crippen LogP contribution in [0.3, 0.4) is 0 Å². The van der Waals surface area contributed by atoms with Crippen LogP contribution >= 0.6 is 11.3 Å². The van der Waals surface area contributed by atoms with Crippen molar-refractivity contribution in [1.82, 2.24) is 15.8 Å². The standard InChI is InChI=1S/C17H19N3O4S/c21-17(10-22-13-3-4-15-16(6-13)24-11-23-15)20(12-7-18-19-8-12)9-14-2-1-5-25-14/h1-6,12,18-19H,7-11H2. The minimum Gasteiger partial charge on any atom is -0.484 e. The molecule has 0 bridgehead atoms. The number of fused-ring (bicyclic) bond motifs is 1. The van der Waals surface area contributed by atoms with E-state index in [9.17, 15) is 4.79 Å². The molecular weight excluding hydrogens is 342 g/mol. The van der Waals surface area contributed by atoms with Crippen LogP contribution in [0.4, 0.5) is 0 Å². The fraction of sp³-hybridized carbons (Fsp3) is 0.353. The number of carbonyl (C=O) groups is 1. The van der Waals surface area contributed by atoms with Gasteiger partial charge < -0.3 is 19.1 Å². The van der Waals surface area contributed by atoms with E-state index < -0.39 is 0 Å². The maximum Gasteiger partial charge on any atom is 0.261 e. The summed E-state index contributed by atoms with van der Waals surface area (Å²) in [6, 6.07) is 9.46. The van der Waals surface area contributed by atoms with Gasteiger partial charge in [0.2, 0.25) is 6.79 Å². The lowest BCUT2D eigenvalue weighted by Crippen LogP contribution is -2.44. The Hall–Kier alpha value is -2.29. The molecule has 1 aromatic heterocycles. The smallest absolute Gasteiger partial charge is 0.261 e. The molecule has 0 aliphatic carbocycles. The highest BCUT2D eigenvalue weighted by molar-refractivity contribution is 7.09. The Kier molecular flexibility index (Phi) is 4.73. The van der Waals surface area contributed by atoms with Crippen LogP contribution in [0.1, 0.15) is 4.88 Å². The summed E-state index contributed by atoms with van der Waals surface area (Å²) >= 11 is 1.65. The number of rotatable bonds is 6. The van der Waals surface area contributed by atoms with Gasteiger partial charge in [0.15, 0.2) is 18.1 Å². The Morgan fingerprint density at radius 2 is 2.08 bits per heavy atom. The van der Waals surface area contributed by atoms with Gasteiger partial charge in [-0.05, 0) is 23.6 Å². The molecule has 1 amide bonds. The second-order valence-corrected chi connectivity index (χ2v) is 6.85. The maximum atomic E-state index is 12.8. The van der Waals surface area contributed by atoms with E-state index in [0.29, 0.717) is 23.8 Å². The summed E-state index contributed by atoms with van der Waals surface area (Å²) in [6.45, 7) is 2.24. The number of hydrazine groups is 1. The summed E-state index contributed by atoms with van der Waals surface area (Å²) in [6.07, 6.45) is 0. The monoisotopic (exact) mass is 361 g/mol. The Balaban J connectivity index is 1.41. The molecule has 0 atom stereocenters. The first-order valence-electron chi connectivity index (χ1n) is 8.09. The molecule has 3 heterocycles. The van der Waals surface area contributed by atoms with E-state index in [-0.39, 0.29) is 25.3 Å². The molecule has 4 rings (SSSR count). The molecule has 2 aliphatic rings. The van der Waals surface area contributed by atoms with Crippen molar-refractivity contribution >= 4 is 17.2 Å². The third-order valence-corrected chi connectivity index (χ3v) is 5.04. The molecule has 2 aromatic rings. The number of nitrogens with zero attached hydrogens (tertiary/aromatic N) is 1. The van der Waals surface area contributed by atoms with Crippen molar-refractivity contribution in [2.45, 2.75) is 12.6 Å². The van der Waals surface area contributed by atoms with E-state index in [0.717, 1.165) is 18.0 Å². The topological polar surface area (TPSA) is 72.1 Å². The van der Waals surface area contributed by atoms with Crippen LogP contribution < -0.4 is 25.1 Å². The van der Waals surface area contributed by atoms with Crippen molar-refractivity contribution in [2.24, 2.45) is 0 Å². The molecule has 25 heavy (non-hydrogen) atoms. The number of carbonyl (C=O) groups excluding carboxylic acids is 1. The number of thiophene rings is 1. The molecule has 7 nitrogen and oxygen atoms in total. The summed E-state index contributed by atoms with van der Waals surface area (Å²) < 4.78 is 16.3. The Morgan fingerprint density at radius 3 is 2.88 bits per heavy atom. The third-order valence-electron chi connectivity index (χ3n) is 4.17. The van der Waals surface area contributed by atoms with Crippen molar-refractivity contribution in [2.75, 3.05) is 26.5 Å². The third kappa shape index (κ3) is 3.71. The van der Waals surface area contributed by atoms with E-state index in [1.165, 1.54) is 0 Å². The molecular formula is C17H19N3O4S. The first-order chi connectivity index (χ1) is 12.3. The minimum atomic E-state index is -0.0402. The zero-order chi connectivity index (χ0) is 17.1. The molecule has 1 fully saturated rings. The van der Waals surface area contributed by atoms with Crippen molar-refractivity contribution in [3.05, 3.63) is 40.6 Å². The highest BCUT2D eigenvalue weighted by Crippen LogP contribution is 2.35. The van der Waals surface area contributed by atoms with E-state index in [2.05, 4.69) is 10.9 Å². The second-order valence-electron chi connectivity index (χ2n) is 5.82. The number of ether oxygens (including phenoxy) is 3. The fourth-order valence-electron chi connectivity index (χ4n) is 2.86. The van der Waals surface area contributed by atoms with Gasteiger partial charge in [-0.1, -0.05) is 6.07 Å². The largest absolute Gasteiger partial charge is 0.484 e. The molecule has 1 saturated heterocycles. The lowest BCUT2D eigenvalue weighted by Gasteiger charge is -2.27. The van der Waals surface area contributed by atoms with Crippen LogP contribution in [0, 0.1) is 0 Å². The molecule has 1 aromatic carbocycles. The number of benzene rings is 1. The average molecular weight is 361 g/mol. The van der Waals surface area contributed by atoms with Crippen LogP contribution in [0.15, 0.2) is 35.7 Å². The predicted octanol–water partition coefficient (Wildman–Crippen LogP) is 1.36. The van der Waals surface area contributed by atoms with Crippen LogP contribution in [-0.4, -0.2) is 43.3 Å². The SMILES string of the molecule is O=C(COc1ccc2c(c1)OCO2)N(Cc1cccs1)C1CNNC1.